The standard InChI is InChI=1S/C14H26N6O/c1-4-15-11-16-12(19-14(2,3)10-21)18-13(17-11)20-8-6-5-7-9-20/h21H,4-10H2,1-3H3,(H2,15,16,17,18,19). The van der Waals surface area contributed by atoms with E-state index in [1.807, 2.05) is 20.8 Å². The van der Waals surface area contributed by atoms with Gasteiger partial charge in [0.2, 0.25) is 17.8 Å². The lowest BCUT2D eigenvalue weighted by Gasteiger charge is -2.28. The van der Waals surface area contributed by atoms with Crippen LogP contribution in [0.3, 0.4) is 0 Å². The molecule has 1 aliphatic rings. The Morgan fingerprint density at radius 2 is 1.76 bits per heavy atom. The quantitative estimate of drug-likeness (QED) is 0.732. The molecule has 0 aliphatic carbocycles. The molecule has 1 saturated heterocycles. The highest BCUT2D eigenvalue weighted by Gasteiger charge is 2.20. The molecular formula is C14H26N6O. The molecule has 1 fully saturated rings. The van der Waals surface area contributed by atoms with Crippen LogP contribution in [0.2, 0.25) is 0 Å². The minimum Gasteiger partial charge on any atom is -0.394 e. The summed E-state index contributed by atoms with van der Waals surface area (Å²) in [4.78, 5) is 15.6. The SMILES string of the molecule is CCNc1nc(NC(C)(C)CO)nc(N2CCCCC2)n1. The lowest BCUT2D eigenvalue weighted by atomic mass is 10.1. The minimum absolute atomic E-state index is 0.00820. The molecule has 7 nitrogen and oxygen atoms in total. The van der Waals surface area contributed by atoms with Crippen LogP contribution in [0.1, 0.15) is 40.0 Å². The van der Waals surface area contributed by atoms with E-state index in [-0.39, 0.29) is 6.61 Å². The number of aliphatic hydroxyl groups is 1. The topological polar surface area (TPSA) is 86.2 Å². The van der Waals surface area contributed by atoms with Crippen LogP contribution >= 0.6 is 0 Å². The molecule has 118 valence electrons. The molecule has 1 aromatic rings. The van der Waals surface area contributed by atoms with Crippen molar-refractivity contribution in [3.05, 3.63) is 0 Å². The van der Waals surface area contributed by atoms with Gasteiger partial charge in [0.25, 0.3) is 0 Å². The number of anilines is 3. The number of rotatable bonds is 6. The molecule has 0 amide bonds. The van der Waals surface area contributed by atoms with Gasteiger partial charge in [0.1, 0.15) is 0 Å². The van der Waals surface area contributed by atoms with Crippen LogP contribution in [-0.4, -0.2) is 51.8 Å². The third kappa shape index (κ3) is 4.42. The van der Waals surface area contributed by atoms with Crippen LogP contribution in [0, 0.1) is 0 Å². The number of hydrogen-bond donors (Lipinski definition) is 3. The highest BCUT2D eigenvalue weighted by atomic mass is 16.3. The summed E-state index contributed by atoms with van der Waals surface area (Å²) in [5.74, 6) is 1.78. The van der Waals surface area contributed by atoms with Gasteiger partial charge in [-0.3, -0.25) is 0 Å². The zero-order valence-electron chi connectivity index (χ0n) is 13.2. The van der Waals surface area contributed by atoms with E-state index in [1.165, 1.54) is 19.3 Å². The summed E-state index contributed by atoms with van der Waals surface area (Å²) in [6.45, 7) is 8.56. The molecule has 0 saturated carbocycles. The van der Waals surface area contributed by atoms with E-state index in [0.717, 1.165) is 19.6 Å². The molecule has 0 spiro atoms. The van der Waals surface area contributed by atoms with Gasteiger partial charge >= 0.3 is 0 Å². The van der Waals surface area contributed by atoms with Crippen LogP contribution in [-0.2, 0) is 0 Å². The normalized spacial score (nSPS) is 15.9. The average Bonchev–Trinajstić information content (AvgIpc) is 2.48. The first-order valence-corrected chi connectivity index (χ1v) is 7.68. The molecule has 2 rings (SSSR count). The number of nitrogens with one attached hydrogen (secondary N) is 2. The van der Waals surface area contributed by atoms with E-state index in [1.54, 1.807) is 0 Å². The Balaban J connectivity index is 2.24. The van der Waals surface area contributed by atoms with E-state index in [9.17, 15) is 5.11 Å². The second-order valence-corrected chi connectivity index (χ2v) is 6.03. The smallest absolute Gasteiger partial charge is 0.231 e. The summed E-state index contributed by atoms with van der Waals surface area (Å²) < 4.78 is 0. The van der Waals surface area contributed by atoms with Gasteiger partial charge in [0.15, 0.2) is 0 Å². The van der Waals surface area contributed by atoms with Crippen LogP contribution in [0.5, 0.6) is 0 Å². The first-order valence-electron chi connectivity index (χ1n) is 7.68. The molecule has 0 radical (unpaired) electrons. The maximum absolute atomic E-state index is 9.39. The van der Waals surface area contributed by atoms with Gasteiger partial charge in [-0.2, -0.15) is 15.0 Å². The van der Waals surface area contributed by atoms with Crippen LogP contribution in [0.4, 0.5) is 17.8 Å². The number of aromatic nitrogens is 3. The lowest BCUT2D eigenvalue weighted by Crippen LogP contribution is -2.37. The molecule has 0 unspecified atom stereocenters. The third-order valence-electron chi connectivity index (χ3n) is 3.44. The molecule has 1 aromatic heterocycles. The van der Waals surface area contributed by atoms with Crippen molar-refractivity contribution in [2.75, 3.05) is 41.8 Å². The highest BCUT2D eigenvalue weighted by molar-refractivity contribution is 5.45. The molecular weight excluding hydrogens is 268 g/mol. The van der Waals surface area contributed by atoms with Crippen molar-refractivity contribution in [3.8, 4) is 0 Å². The van der Waals surface area contributed by atoms with Crippen molar-refractivity contribution in [2.24, 2.45) is 0 Å². The Morgan fingerprint density at radius 1 is 1.10 bits per heavy atom. The first kappa shape index (κ1) is 15.8. The fraction of sp³-hybridized carbons (Fsp3) is 0.786. The predicted octanol–water partition coefficient (Wildman–Crippen LogP) is 1.48. The molecule has 0 aromatic carbocycles. The van der Waals surface area contributed by atoms with Crippen molar-refractivity contribution in [1.29, 1.82) is 0 Å². The van der Waals surface area contributed by atoms with Crippen molar-refractivity contribution >= 4 is 17.8 Å². The van der Waals surface area contributed by atoms with Gasteiger partial charge in [0, 0.05) is 19.6 Å². The zero-order valence-corrected chi connectivity index (χ0v) is 13.2. The van der Waals surface area contributed by atoms with Crippen molar-refractivity contribution < 1.29 is 5.11 Å². The number of aliphatic hydroxyl groups excluding tert-OH is 1. The summed E-state index contributed by atoms with van der Waals surface area (Å²) >= 11 is 0. The Morgan fingerprint density at radius 3 is 2.38 bits per heavy atom. The van der Waals surface area contributed by atoms with E-state index >= 15 is 0 Å². The average molecular weight is 294 g/mol. The van der Waals surface area contributed by atoms with Gasteiger partial charge in [-0.05, 0) is 40.0 Å². The van der Waals surface area contributed by atoms with Crippen molar-refractivity contribution in [2.45, 2.75) is 45.6 Å². The van der Waals surface area contributed by atoms with Gasteiger partial charge in [-0.15, -0.1) is 0 Å². The van der Waals surface area contributed by atoms with Crippen LogP contribution in [0.15, 0.2) is 0 Å². The van der Waals surface area contributed by atoms with Gasteiger partial charge in [0.05, 0.1) is 12.1 Å². The van der Waals surface area contributed by atoms with Gasteiger partial charge < -0.3 is 20.6 Å². The fourth-order valence-corrected chi connectivity index (χ4v) is 2.24. The zero-order chi connectivity index (χ0) is 15.3. The molecule has 0 atom stereocenters. The van der Waals surface area contributed by atoms with E-state index in [0.29, 0.717) is 17.8 Å². The minimum atomic E-state index is -0.468. The monoisotopic (exact) mass is 294 g/mol. The van der Waals surface area contributed by atoms with Crippen molar-refractivity contribution in [3.63, 3.8) is 0 Å². The molecule has 2 heterocycles. The highest BCUT2D eigenvalue weighted by Crippen LogP contribution is 2.20. The van der Waals surface area contributed by atoms with Crippen LogP contribution in [0.25, 0.3) is 0 Å². The predicted molar refractivity (Wildman–Crippen MR) is 84.8 cm³/mol. The first-order chi connectivity index (χ1) is 10.0. The second kappa shape index (κ2) is 6.89. The molecule has 21 heavy (non-hydrogen) atoms. The maximum atomic E-state index is 9.39. The summed E-state index contributed by atoms with van der Waals surface area (Å²) in [6, 6.07) is 0. The largest absolute Gasteiger partial charge is 0.394 e. The number of hydrogen-bond acceptors (Lipinski definition) is 7. The number of nitrogens with zero attached hydrogens (tertiary/aromatic N) is 4. The molecule has 7 heteroatoms. The Hall–Kier alpha value is -1.63. The molecule has 3 N–H and O–H groups in total. The Kier molecular flexibility index (Phi) is 5.17. The molecule has 0 bridgehead atoms. The van der Waals surface area contributed by atoms with E-state index in [4.69, 9.17) is 0 Å². The van der Waals surface area contributed by atoms with Crippen molar-refractivity contribution in [1.82, 2.24) is 15.0 Å². The summed E-state index contributed by atoms with van der Waals surface area (Å²) in [7, 11) is 0. The van der Waals surface area contributed by atoms with E-state index in [2.05, 4.69) is 30.5 Å². The van der Waals surface area contributed by atoms with E-state index < -0.39 is 5.54 Å². The summed E-state index contributed by atoms with van der Waals surface area (Å²) in [5.41, 5.74) is -0.468. The third-order valence-corrected chi connectivity index (χ3v) is 3.44. The molecule has 1 aliphatic heterocycles. The number of piperidine rings is 1. The second-order valence-electron chi connectivity index (χ2n) is 6.03. The lowest BCUT2D eigenvalue weighted by molar-refractivity contribution is 0.233. The van der Waals surface area contributed by atoms with Crippen LogP contribution < -0.4 is 15.5 Å². The summed E-state index contributed by atoms with van der Waals surface area (Å²) in [5, 5.41) is 15.7. The van der Waals surface area contributed by atoms with Gasteiger partial charge in [-0.1, -0.05) is 0 Å². The Labute approximate surface area is 126 Å². The van der Waals surface area contributed by atoms with Gasteiger partial charge in [-0.25, -0.2) is 0 Å². The fourth-order valence-electron chi connectivity index (χ4n) is 2.24. The Bertz CT molecular complexity index is 459. The summed E-state index contributed by atoms with van der Waals surface area (Å²) in [6.07, 6.45) is 3.62. The maximum Gasteiger partial charge on any atom is 0.231 e.